The minimum atomic E-state index is -4.63. The number of hydrogen-bond donors (Lipinski definition) is 3. The van der Waals surface area contributed by atoms with Gasteiger partial charge in [0.25, 0.3) is 0 Å². The summed E-state index contributed by atoms with van der Waals surface area (Å²) in [6, 6.07) is 0. The van der Waals surface area contributed by atoms with Crippen molar-refractivity contribution in [1.29, 1.82) is 0 Å². The van der Waals surface area contributed by atoms with Gasteiger partial charge in [0.2, 0.25) is 0 Å². The summed E-state index contributed by atoms with van der Waals surface area (Å²) in [4.78, 5) is 34.9. The summed E-state index contributed by atoms with van der Waals surface area (Å²) < 4.78 is 32.6. The Bertz CT molecular complexity index is 1150. The van der Waals surface area contributed by atoms with E-state index in [1.165, 1.54) is 0 Å². The van der Waals surface area contributed by atoms with Crippen LogP contribution in [0.15, 0.2) is 85.1 Å². The molecule has 10 nitrogen and oxygen atoms in total. The van der Waals surface area contributed by atoms with Gasteiger partial charge in [0.05, 0.1) is 19.8 Å². The molecule has 0 aromatic heterocycles. The number of phosphoric acid groups is 1. The van der Waals surface area contributed by atoms with Crippen LogP contribution >= 0.6 is 7.82 Å². The largest absolute Gasteiger partial charge is 0.472 e. The van der Waals surface area contributed by atoms with Crippen LogP contribution in [0.2, 0.25) is 0 Å². The number of aliphatic hydroxyl groups excluding tert-OH is 2. The molecule has 0 spiro atoms. The first-order valence-electron chi connectivity index (χ1n) is 19.5. The Morgan fingerprint density at radius 1 is 0.566 bits per heavy atom. The van der Waals surface area contributed by atoms with Gasteiger partial charge in [-0.2, -0.15) is 0 Å². The summed E-state index contributed by atoms with van der Waals surface area (Å²) in [5.74, 6) is -1.00. The van der Waals surface area contributed by atoms with Crippen LogP contribution in [0.25, 0.3) is 0 Å². The zero-order chi connectivity index (χ0) is 39.1. The Labute approximate surface area is 320 Å². The maximum absolute atomic E-state index is 12.6. The fraction of sp³-hybridized carbons (Fsp3) is 0.619. The van der Waals surface area contributed by atoms with Crippen LogP contribution in [0.1, 0.15) is 129 Å². The molecule has 0 aromatic rings. The Kier molecular flexibility index (Phi) is 35.5. The van der Waals surface area contributed by atoms with Crippen molar-refractivity contribution in [3.63, 3.8) is 0 Å². The van der Waals surface area contributed by atoms with Crippen molar-refractivity contribution in [2.75, 3.05) is 26.4 Å². The van der Waals surface area contributed by atoms with Crippen LogP contribution < -0.4 is 0 Å². The number of rotatable bonds is 35. The summed E-state index contributed by atoms with van der Waals surface area (Å²) in [7, 11) is -4.63. The minimum absolute atomic E-state index is 0.123. The number of aliphatic hydroxyl groups is 2. The van der Waals surface area contributed by atoms with Gasteiger partial charge in [0.15, 0.2) is 6.10 Å². The molecule has 3 N–H and O–H groups in total. The fourth-order valence-electron chi connectivity index (χ4n) is 4.58. The highest BCUT2D eigenvalue weighted by Gasteiger charge is 2.27. The number of phosphoric ester groups is 1. The molecular formula is C42H69O10P. The Balaban J connectivity index is 4.48. The summed E-state index contributed by atoms with van der Waals surface area (Å²) >= 11 is 0. The second kappa shape index (κ2) is 37.5. The third kappa shape index (κ3) is 37.3. The molecule has 3 atom stereocenters. The van der Waals surface area contributed by atoms with E-state index in [-0.39, 0.29) is 19.4 Å². The average molecular weight is 765 g/mol. The minimum Gasteiger partial charge on any atom is -0.462 e. The molecule has 0 amide bonds. The summed E-state index contributed by atoms with van der Waals surface area (Å²) in [6.45, 7) is 2.05. The van der Waals surface area contributed by atoms with Crippen molar-refractivity contribution in [3.8, 4) is 0 Å². The van der Waals surface area contributed by atoms with E-state index in [1.807, 2.05) is 0 Å². The topological polar surface area (TPSA) is 149 Å². The SMILES string of the molecule is CC/C=C\C/C=C\C/C=C\C/C=C\CCCCC(=O)OC(COC(=O)CCCCCCC/C=C\C/C=C\C/C=C\CC)COP(=O)(O)OCC(O)CO. The van der Waals surface area contributed by atoms with E-state index in [1.54, 1.807) is 0 Å². The maximum Gasteiger partial charge on any atom is 0.472 e. The molecule has 0 saturated heterocycles. The number of carbonyl (C=O) groups excluding carboxylic acids is 2. The molecule has 302 valence electrons. The van der Waals surface area contributed by atoms with Crippen LogP contribution in [0.4, 0.5) is 0 Å². The van der Waals surface area contributed by atoms with Crippen LogP contribution in [0.5, 0.6) is 0 Å². The lowest BCUT2D eigenvalue weighted by molar-refractivity contribution is -0.161. The quantitative estimate of drug-likeness (QED) is 0.0246. The highest BCUT2D eigenvalue weighted by molar-refractivity contribution is 7.47. The molecule has 0 fully saturated rings. The molecule has 0 heterocycles. The van der Waals surface area contributed by atoms with E-state index in [2.05, 4.69) is 103 Å². The summed E-state index contributed by atoms with van der Waals surface area (Å²) in [6.07, 6.45) is 42.7. The number of carbonyl (C=O) groups is 2. The Morgan fingerprint density at radius 3 is 1.51 bits per heavy atom. The normalized spacial score (nSPS) is 14.9. The summed E-state index contributed by atoms with van der Waals surface area (Å²) in [5, 5.41) is 18.3. The van der Waals surface area contributed by atoms with Gasteiger partial charge in [-0.15, -0.1) is 0 Å². The second-order valence-corrected chi connectivity index (χ2v) is 14.0. The third-order valence-electron chi connectivity index (χ3n) is 7.54. The molecule has 0 bridgehead atoms. The third-order valence-corrected chi connectivity index (χ3v) is 8.50. The van der Waals surface area contributed by atoms with Gasteiger partial charge in [-0.3, -0.25) is 18.6 Å². The average Bonchev–Trinajstić information content (AvgIpc) is 3.14. The lowest BCUT2D eigenvalue weighted by Gasteiger charge is -2.20. The van der Waals surface area contributed by atoms with Crippen molar-refractivity contribution >= 4 is 19.8 Å². The number of unbranched alkanes of at least 4 members (excludes halogenated alkanes) is 7. The molecule has 53 heavy (non-hydrogen) atoms. The smallest absolute Gasteiger partial charge is 0.462 e. The van der Waals surface area contributed by atoms with Gasteiger partial charge < -0.3 is 24.6 Å². The molecule has 0 rings (SSSR count). The van der Waals surface area contributed by atoms with Gasteiger partial charge in [-0.05, 0) is 83.5 Å². The van der Waals surface area contributed by atoms with Crippen molar-refractivity contribution in [1.82, 2.24) is 0 Å². The predicted octanol–water partition coefficient (Wildman–Crippen LogP) is 9.88. The number of hydrogen-bond acceptors (Lipinski definition) is 9. The first kappa shape index (κ1) is 50.1. The van der Waals surface area contributed by atoms with Gasteiger partial charge in [0, 0.05) is 12.8 Å². The van der Waals surface area contributed by atoms with E-state index < -0.39 is 51.8 Å². The second-order valence-electron chi connectivity index (χ2n) is 12.5. The number of esters is 2. The van der Waals surface area contributed by atoms with E-state index in [0.29, 0.717) is 12.8 Å². The standard InChI is InChI=1S/C42H69O10P/c1-3-5-7-9-11-13-15-17-19-21-23-25-27-29-31-33-41(45)49-37-40(38-51-53(47,48)50-36-39(44)35-43)52-42(46)34-32-30-28-26-24-22-20-18-16-14-12-10-8-6-4-2/h5-8,11-14,17-20,24,26,39-40,43-44H,3-4,9-10,15-16,21-23,25,27-38H2,1-2H3,(H,47,48)/b7-5-,8-6-,13-11-,14-12-,19-17-,20-18-,26-24-. The molecule has 0 saturated carbocycles. The number of allylic oxidation sites excluding steroid dienone is 14. The van der Waals surface area contributed by atoms with E-state index in [4.69, 9.17) is 19.1 Å². The monoisotopic (exact) mass is 764 g/mol. The summed E-state index contributed by atoms with van der Waals surface area (Å²) in [5.41, 5.74) is 0. The molecule has 0 aliphatic rings. The van der Waals surface area contributed by atoms with Crippen LogP contribution in [-0.2, 0) is 32.7 Å². The lowest BCUT2D eigenvalue weighted by atomic mass is 10.1. The zero-order valence-corrected chi connectivity index (χ0v) is 33.3. The zero-order valence-electron chi connectivity index (χ0n) is 32.4. The lowest BCUT2D eigenvalue weighted by Crippen LogP contribution is -2.29. The van der Waals surface area contributed by atoms with Crippen molar-refractivity contribution in [2.45, 2.75) is 142 Å². The highest BCUT2D eigenvalue weighted by Crippen LogP contribution is 2.43. The fourth-order valence-corrected chi connectivity index (χ4v) is 5.37. The van der Waals surface area contributed by atoms with E-state index in [9.17, 15) is 24.2 Å². The molecule has 11 heteroatoms. The van der Waals surface area contributed by atoms with Crippen molar-refractivity contribution in [2.24, 2.45) is 0 Å². The van der Waals surface area contributed by atoms with Gasteiger partial charge in [-0.1, -0.05) is 118 Å². The van der Waals surface area contributed by atoms with Crippen LogP contribution in [-0.4, -0.2) is 65.7 Å². The predicted molar refractivity (Wildman–Crippen MR) is 214 cm³/mol. The highest BCUT2D eigenvalue weighted by atomic mass is 31.2. The molecule has 0 aliphatic heterocycles. The number of ether oxygens (including phenoxy) is 2. The van der Waals surface area contributed by atoms with Crippen molar-refractivity contribution < 1.29 is 47.8 Å². The van der Waals surface area contributed by atoms with Crippen LogP contribution in [0.3, 0.4) is 0 Å². The van der Waals surface area contributed by atoms with E-state index >= 15 is 0 Å². The van der Waals surface area contributed by atoms with Gasteiger partial charge in [0.1, 0.15) is 12.7 Å². The molecule has 3 unspecified atom stereocenters. The molecule has 0 aliphatic carbocycles. The molecular weight excluding hydrogens is 695 g/mol. The Hall–Kier alpha value is -2.85. The van der Waals surface area contributed by atoms with Crippen LogP contribution in [0, 0.1) is 0 Å². The van der Waals surface area contributed by atoms with Crippen molar-refractivity contribution in [3.05, 3.63) is 85.1 Å². The molecule has 0 aromatic carbocycles. The van der Waals surface area contributed by atoms with Gasteiger partial charge >= 0.3 is 19.8 Å². The molecule has 0 radical (unpaired) electrons. The van der Waals surface area contributed by atoms with Gasteiger partial charge in [-0.25, -0.2) is 4.57 Å². The maximum atomic E-state index is 12.6. The Morgan fingerprint density at radius 2 is 0.981 bits per heavy atom. The first-order chi connectivity index (χ1) is 25.7. The van der Waals surface area contributed by atoms with E-state index in [0.717, 1.165) is 89.9 Å². The first-order valence-corrected chi connectivity index (χ1v) is 21.0.